The molecule has 0 aliphatic rings. The smallest absolute Gasteiger partial charge is 0.279 e. The van der Waals surface area contributed by atoms with E-state index in [1.54, 1.807) is 11.8 Å². The van der Waals surface area contributed by atoms with Crippen LogP contribution in [0.5, 0.6) is 0 Å². The zero-order valence-corrected chi connectivity index (χ0v) is 12.5. The monoisotopic (exact) mass is 313 g/mol. The van der Waals surface area contributed by atoms with Crippen molar-refractivity contribution in [2.75, 3.05) is 25.2 Å². The SMILES string of the molecule is CSC[C@@H](CNCc1[nH]nc2c(=O)[nH]cnc12)[C@H](O)CO. The highest BCUT2D eigenvalue weighted by molar-refractivity contribution is 7.98. The van der Waals surface area contributed by atoms with Crippen molar-refractivity contribution in [1.82, 2.24) is 25.5 Å². The van der Waals surface area contributed by atoms with E-state index in [0.717, 1.165) is 11.4 Å². The fourth-order valence-electron chi connectivity index (χ4n) is 2.07. The molecule has 2 aromatic rings. The number of aliphatic hydroxyl groups excluding tert-OH is 2. The normalized spacial score (nSPS) is 14.4. The van der Waals surface area contributed by atoms with E-state index in [-0.39, 0.29) is 23.6 Å². The van der Waals surface area contributed by atoms with Crippen LogP contribution in [0.4, 0.5) is 0 Å². The van der Waals surface area contributed by atoms with E-state index in [1.165, 1.54) is 6.33 Å². The Bertz CT molecular complexity index is 629. The molecule has 0 aliphatic carbocycles. The van der Waals surface area contributed by atoms with E-state index in [1.807, 2.05) is 6.26 Å². The first-order chi connectivity index (χ1) is 10.2. The Balaban J connectivity index is 1.98. The van der Waals surface area contributed by atoms with Crippen LogP contribution in [0.3, 0.4) is 0 Å². The number of aliphatic hydroxyl groups is 2. The van der Waals surface area contributed by atoms with Crippen molar-refractivity contribution >= 4 is 22.8 Å². The number of hydrogen-bond donors (Lipinski definition) is 5. The highest BCUT2D eigenvalue weighted by Gasteiger charge is 2.18. The Kier molecular flexibility index (Phi) is 5.74. The average Bonchev–Trinajstić information content (AvgIpc) is 2.90. The Morgan fingerprint density at radius 2 is 2.29 bits per heavy atom. The van der Waals surface area contributed by atoms with Crippen LogP contribution in [-0.2, 0) is 6.54 Å². The third-order valence-corrected chi connectivity index (χ3v) is 4.00. The number of rotatable bonds is 8. The molecule has 2 aromatic heterocycles. The number of H-pyrrole nitrogens is 2. The number of aromatic amines is 2. The lowest BCUT2D eigenvalue weighted by atomic mass is 10.1. The molecule has 2 rings (SSSR count). The van der Waals surface area contributed by atoms with Gasteiger partial charge in [0.15, 0.2) is 5.52 Å². The van der Waals surface area contributed by atoms with Gasteiger partial charge in [0.2, 0.25) is 0 Å². The van der Waals surface area contributed by atoms with Crippen molar-refractivity contribution in [2.45, 2.75) is 12.6 Å². The summed E-state index contributed by atoms with van der Waals surface area (Å²) in [5, 5.41) is 28.7. The van der Waals surface area contributed by atoms with Gasteiger partial charge in [0, 0.05) is 19.0 Å². The maximum Gasteiger partial charge on any atom is 0.279 e. The maximum absolute atomic E-state index is 11.5. The molecule has 0 unspecified atom stereocenters. The largest absolute Gasteiger partial charge is 0.394 e. The summed E-state index contributed by atoms with van der Waals surface area (Å²) in [5.74, 6) is 0.701. The molecule has 0 radical (unpaired) electrons. The van der Waals surface area contributed by atoms with Gasteiger partial charge in [-0.15, -0.1) is 0 Å². The standard InChI is InChI=1S/C12H19N5O3S/c1-21-5-7(9(19)4-18)2-13-3-8-10-11(17-16-8)12(20)15-6-14-10/h6-7,9,13,18-19H,2-5H2,1H3,(H,16,17)(H,14,15,20)/t7-,9-/m1/s1. The van der Waals surface area contributed by atoms with Gasteiger partial charge in [-0.1, -0.05) is 0 Å². The summed E-state index contributed by atoms with van der Waals surface area (Å²) in [6, 6.07) is 0. The average molecular weight is 313 g/mol. The van der Waals surface area contributed by atoms with Crippen molar-refractivity contribution < 1.29 is 10.2 Å². The fourth-order valence-corrected chi connectivity index (χ4v) is 2.84. The molecule has 0 amide bonds. The second kappa shape index (κ2) is 7.55. The molecule has 0 spiro atoms. The minimum Gasteiger partial charge on any atom is -0.394 e. The summed E-state index contributed by atoms with van der Waals surface area (Å²) in [7, 11) is 0. The lowest BCUT2D eigenvalue weighted by Crippen LogP contribution is -2.35. The van der Waals surface area contributed by atoms with Crippen LogP contribution >= 0.6 is 11.8 Å². The Labute approximate surface area is 125 Å². The lowest BCUT2D eigenvalue weighted by Gasteiger charge is -2.20. The summed E-state index contributed by atoms with van der Waals surface area (Å²) in [4.78, 5) is 18.1. The van der Waals surface area contributed by atoms with Gasteiger partial charge < -0.3 is 20.5 Å². The van der Waals surface area contributed by atoms with Crippen LogP contribution in [0.1, 0.15) is 5.69 Å². The highest BCUT2D eigenvalue weighted by atomic mass is 32.2. The Morgan fingerprint density at radius 3 is 3.00 bits per heavy atom. The first-order valence-corrected chi connectivity index (χ1v) is 7.96. The van der Waals surface area contributed by atoms with Gasteiger partial charge in [-0.2, -0.15) is 16.9 Å². The second-order valence-electron chi connectivity index (χ2n) is 4.73. The molecule has 8 nitrogen and oxygen atoms in total. The number of nitrogens with zero attached hydrogens (tertiary/aromatic N) is 2. The van der Waals surface area contributed by atoms with Crippen LogP contribution in [0.25, 0.3) is 11.0 Å². The van der Waals surface area contributed by atoms with Gasteiger partial charge in [-0.3, -0.25) is 9.89 Å². The maximum atomic E-state index is 11.5. The van der Waals surface area contributed by atoms with Crippen LogP contribution in [0.2, 0.25) is 0 Å². The lowest BCUT2D eigenvalue weighted by molar-refractivity contribution is 0.0549. The van der Waals surface area contributed by atoms with Gasteiger partial charge in [-0.25, -0.2) is 4.98 Å². The third-order valence-electron chi connectivity index (χ3n) is 3.24. The molecule has 0 saturated carbocycles. The fraction of sp³-hybridized carbons (Fsp3) is 0.583. The third kappa shape index (κ3) is 3.82. The van der Waals surface area contributed by atoms with E-state index in [9.17, 15) is 9.90 Å². The van der Waals surface area contributed by atoms with Crippen molar-refractivity contribution in [2.24, 2.45) is 5.92 Å². The molecule has 5 N–H and O–H groups in total. The van der Waals surface area contributed by atoms with Gasteiger partial charge >= 0.3 is 0 Å². The van der Waals surface area contributed by atoms with Crippen molar-refractivity contribution in [1.29, 1.82) is 0 Å². The van der Waals surface area contributed by atoms with Crippen LogP contribution in [-0.4, -0.2) is 61.6 Å². The minimum absolute atomic E-state index is 0.0458. The summed E-state index contributed by atoms with van der Waals surface area (Å²) in [5.41, 5.74) is 1.26. The molecule has 0 saturated heterocycles. The van der Waals surface area contributed by atoms with Crippen molar-refractivity contribution in [3.05, 3.63) is 22.4 Å². The van der Waals surface area contributed by atoms with Gasteiger partial charge in [-0.05, 0) is 12.0 Å². The predicted octanol–water partition coefficient (Wildman–Crippen LogP) is -0.932. The van der Waals surface area contributed by atoms with Crippen LogP contribution in [0.15, 0.2) is 11.1 Å². The number of nitrogens with one attached hydrogen (secondary N) is 3. The highest BCUT2D eigenvalue weighted by Crippen LogP contribution is 2.11. The molecule has 9 heteroatoms. The number of hydrogen-bond acceptors (Lipinski definition) is 7. The molecule has 0 aliphatic heterocycles. The number of fused-ring (bicyclic) bond motifs is 1. The van der Waals surface area contributed by atoms with E-state index in [0.29, 0.717) is 18.6 Å². The first kappa shape index (κ1) is 16.0. The quantitative estimate of drug-likeness (QED) is 0.426. The number of aromatic nitrogens is 4. The Morgan fingerprint density at radius 1 is 1.48 bits per heavy atom. The summed E-state index contributed by atoms with van der Waals surface area (Å²) < 4.78 is 0. The predicted molar refractivity (Wildman–Crippen MR) is 81.2 cm³/mol. The second-order valence-corrected chi connectivity index (χ2v) is 5.64. The van der Waals surface area contributed by atoms with E-state index < -0.39 is 6.10 Å². The topological polar surface area (TPSA) is 127 Å². The minimum atomic E-state index is -0.746. The molecule has 0 bridgehead atoms. The first-order valence-electron chi connectivity index (χ1n) is 6.56. The zero-order chi connectivity index (χ0) is 15.2. The molecule has 116 valence electrons. The number of thioether (sulfide) groups is 1. The Hall–Kier alpha value is -1.42. The zero-order valence-electron chi connectivity index (χ0n) is 11.7. The van der Waals surface area contributed by atoms with E-state index in [4.69, 9.17) is 5.11 Å². The molecule has 0 fully saturated rings. The van der Waals surface area contributed by atoms with Gasteiger partial charge in [0.25, 0.3) is 5.56 Å². The van der Waals surface area contributed by atoms with Crippen molar-refractivity contribution in [3.8, 4) is 0 Å². The molecule has 2 heterocycles. The summed E-state index contributed by atoms with van der Waals surface area (Å²) >= 11 is 1.62. The van der Waals surface area contributed by atoms with Crippen LogP contribution < -0.4 is 10.9 Å². The molecule has 21 heavy (non-hydrogen) atoms. The van der Waals surface area contributed by atoms with E-state index >= 15 is 0 Å². The van der Waals surface area contributed by atoms with Gasteiger partial charge in [0.05, 0.1) is 24.7 Å². The van der Waals surface area contributed by atoms with Gasteiger partial charge in [0.1, 0.15) is 5.52 Å². The molecule has 0 aromatic carbocycles. The molecular weight excluding hydrogens is 294 g/mol. The summed E-state index contributed by atoms with van der Waals surface area (Å²) in [6.07, 6.45) is 2.55. The van der Waals surface area contributed by atoms with E-state index in [2.05, 4.69) is 25.5 Å². The van der Waals surface area contributed by atoms with Crippen molar-refractivity contribution in [3.63, 3.8) is 0 Å². The summed E-state index contributed by atoms with van der Waals surface area (Å²) in [6.45, 7) is 0.749. The molecule has 2 atom stereocenters. The van der Waals surface area contributed by atoms with Crippen LogP contribution in [0, 0.1) is 5.92 Å². The molecular formula is C12H19N5O3S.